The number of urea groups is 3. The summed E-state index contributed by atoms with van der Waals surface area (Å²) in [5.74, 6) is 4.86. The van der Waals surface area contributed by atoms with Gasteiger partial charge in [-0.25, -0.2) is 29.0 Å². The molecule has 0 atom stereocenters. The summed E-state index contributed by atoms with van der Waals surface area (Å²) in [5.41, 5.74) is 2.04. The third kappa shape index (κ3) is 12.5. The van der Waals surface area contributed by atoms with Gasteiger partial charge in [-0.3, -0.25) is 19.7 Å². The summed E-state index contributed by atoms with van der Waals surface area (Å²) < 4.78 is 4.45. The first-order valence-electron chi connectivity index (χ1n) is 21.6. The highest BCUT2D eigenvalue weighted by Gasteiger charge is 2.54. The van der Waals surface area contributed by atoms with Gasteiger partial charge < -0.3 is 30.9 Å². The number of nitrogens with one attached hydrogen (secondary N) is 4. The summed E-state index contributed by atoms with van der Waals surface area (Å²) in [4.78, 5) is 86.6. The molecule has 9 rings (SSSR count). The zero-order valence-electron chi connectivity index (χ0n) is 37.4. The largest absolute Gasteiger partial charge is 0.414 e. The molecule has 17 nitrogen and oxygen atoms in total. The average molecular weight is 951 g/mol. The van der Waals surface area contributed by atoms with E-state index in [4.69, 9.17) is 24.4 Å². The normalized spacial score (nSPS) is 16.1. The molecule has 0 bridgehead atoms. The molecule has 2 spiro atoms. The molecule has 0 unspecified atom stereocenters. The highest BCUT2D eigenvalue weighted by Crippen LogP contribution is 2.33. The lowest BCUT2D eigenvalue weighted by atomic mass is 9.87. The Morgan fingerprint density at radius 3 is 1.57 bits per heavy atom. The number of anilines is 3. The summed E-state index contributed by atoms with van der Waals surface area (Å²) in [6, 6.07) is 36.8. The highest BCUT2D eigenvalue weighted by molar-refractivity contribution is 6.61. The van der Waals surface area contributed by atoms with Gasteiger partial charge >= 0.3 is 23.5 Å². The van der Waals surface area contributed by atoms with Gasteiger partial charge in [0.15, 0.2) is 0 Å². The number of nitrogens with zero attached hydrogens (tertiary/aromatic N) is 4. The van der Waals surface area contributed by atoms with E-state index >= 15 is 0 Å². The van der Waals surface area contributed by atoms with Gasteiger partial charge in [0.2, 0.25) is 0 Å². The van der Waals surface area contributed by atoms with Crippen molar-refractivity contribution in [1.29, 1.82) is 0 Å². The predicted octanol–water partition coefficient (Wildman–Crippen LogP) is 7.96. The quantitative estimate of drug-likeness (QED) is 0.0439. The Kier molecular flexibility index (Phi) is 16.5. The number of hydrogen-bond donors (Lipinski definition) is 4. The molecule has 0 aromatic heterocycles. The Morgan fingerprint density at radius 2 is 1.13 bits per heavy atom. The van der Waals surface area contributed by atoms with Crippen molar-refractivity contribution in [3.63, 3.8) is 0 Å². The van der Waals surface area contributed by atoms with E-state index in [1.54, 1.807) is 65.6 Å². The van der Waals surface area contributed by atoms with Crippen LogP contribution in [0.4, 0.5) is 41.9 Å². The standard InChI is InChI=1S/C22H20N4O3.C13H15N3O2.C9H8.C7H4ClNO4/c1-2-16-8-10-17(11-9-16)23-20(28)25-14-12-22(13-15-25)19(27)26(21(29)24-22)18-6-4-3-5-7-18;17-11-13(6-8-14-9-7-13)15-12(18)16(11)10-4-2-1-3-5-10;1-3-9-6-4-8(2)5-7-9;8-7(10)13-6-3-1-5(2-4-6)9(11)12/h1,3-11H,12-15H2,(H,23,28)(H,24,29);1-5,14H,6-9H2,(H,15,18);1,4-7H,2H3;1-4H. The van der Waals surface area contributed by atoms with Gasteiger partial charge in [-0.2, -0.15) is 0 Å². The number of carbonyl (C=O) groups is 6. The smallest absolute Gasteiger partial charge is 0.409 e. The average Bonchev–Trinajstić information content (AvgIpc) is 3.74. The van der Waals surface area contributed by atoms with Crippen molar-refractivity contribution >= 4 is 69.7 Å². The maximum absolute atomic E-state index is 13.0. The molecule has 4 heterocycles. The molecule has 4 N–H and O–H groups in total. The SMILES string of the molecule is C#Cc1ccc(C)cc1.C#Cc1ccc(NC(=O)N2CCC3(CC2)NC(=O)N(c2ccccc2)C3=O)cc1.O=C(Cl)Oc1ccc([N+](=O)[O-])cc1.O=C1NC2(CCNCC2)C(=O)N1c1ccccc1. The van der Waals surface area contributed by atoms with Crippen LogP contribution in [0.2, 0.25) is 0 Å². The number of halogens is 1. The first-order chi connectivity index (χ1) is 33.2. The van der Waals surface area contributed by atoms with E-state index in [0.29, 0.717) is 55.8 Å². The molecule has 4 saturated heterocycles. The van der Waals surface area contributed by atoms with Crippen molar-refractivity contribution in [1.82, 2.24) is 20.9 Å². The second-order valence-corrected chi connectivity index (χ2v) is 16.3. The van der Waals surface area contributed by atoms with Crippen LogP contribution in [0, 0.1) is 41.7 Å². The maximum atomic E-state index is 13.0. The van der Waals surface area contributed by atoms with Crippen LogP contribution in [-0.2, 0) is 9.59 Å². The Balaban J connectivity index is 0.000000166. The number of nitro groups is 1. The lowest BCUT2D eigenvalue weighted by Crippen LogP contribution is -2.56. The summed E-state index contributed by atoms with van der Waals surface area (Å²) >= 11 is 4.92. The van der Waals surface area contributed by atoms with Crippen LogP contribution in [0.15, 0.2) is 133 Å². The molecule has 4 fully saturated rings. The first kappa shape index (κ1) is 49.9. The fourth-order valence-electron chi connectivity index (χ4n) is 7.72. The second-order valence-electron chi connectivity index (χ2n) is 16.0. The van der Waals surface area contributed by atoms with E-state index < -0.39 is 27.5 Å². The molecule has 18 heteroatoms. The van der Waals surface area contributed by atoms with E-state index in [9.17, 15) is 38.9 Å². The highest BCUT2D eigenvalue weighted by atomic mass is 35.5. The number of ether oxygens (including phenoxy) is 1. The number of nitro benzene ring substituents is 1. The Hall–Kier alpha value is -8.51. The van der Waals surface area contributed by atoms with Crippen LogP contribution in [0.1, 0.15) is 42.4 Å². The van der Waals surface area contributed by atoms with Gasteiger partial charge in [0.1, 0.15) is 16.8 Å². The number of amides is 8. The van der Waals surface area contributed by atoms with Crippen molar-refractivity contribution in [3.8, 4) is 30.4 Å². The van der Waals surface area contributed by atoms with Crippen molar-refractivity contribution < 1.29 is 38.4 Å². The summed E-state index contributed by atoms with van der Waals surface area (Å²) in [7, 11) is 0. The zero-order chi connectivity index (χ0) is 49.6. The van der Waals surface area contributed by atoms with Gasteiger partial charge in [-0.05, 0) is 118 Å². The molecule has 69 heavy (non-hydrogen) atoms. The van der Waals surface area contributed by atoms with Crippen LogP contribution < -0.4 is 35.8 Å². The molecule has 5 aromatic carbocycles. The van der Waals surface area contributed by atoms with Crippen LogP contribution in [0.25, 0.3) is 0 Å². The monoisotopic (exact) mass is 950 g/mol. The molecule has 0 saturated carbocycles. The molecule has 0 aliphatic carbocycles. The summed E-state index contributed by atoms with van der Waals surface area (Å²) in [6.07, 6.45) is 12.5. The van der Waals surface area contributed by atoms with Crippen molar-refractivity contribution in [2.45, 2.75) is 43.7 Å². The van der Waals surface area contributed by atoms with Crippen LogP contribution >= 0.6 is 11.6 Å². The molecule has 352 valence electrons. The molecular formula is C51H47ClN8O9. The van der Waals surface area contributed by atoms with Crippen molar-refractivity contribution in [2.75, 3.05) is 41.3 Å². The number of likely N-dealkylation sites (tertiary alicyclic amines) is 1. The van der Waals surface area contributed by atoms with E-state index in [0.717, 1.165) is 24.2 Å². The number of non-ortho nitro benzene ring substituents is 1. The van der Waals surface area contributed by atoms with Crippen LogP contribution in [0.5, 0.6) is 5.75 Å². The van der Waals surface area contributed by atoms with Gasteiger partial charge in [-0.1, -0.05) is 65.9 Å². The van der Waals surface area contributed by atoms with Gasteiger partial charge in [0.25, 0.3) is 17.5 Å². The third-order valence-corrected chi connectivity index (χ3v) is 11.6. The van der Waals surface area contributed by atoms with E-state index in [1.165, 1.54) is 39.6 Å². The molecule has 4 aliphatic rings. The Bertz CT molecular complexity index is 2750. The van der Waals surface area contributed by atoms with Crippen molar-refractivity contribution in [3.05, 3.63) is 160 Å². The molecular weight excluding hydrogens is 904 g/mol. The number of terminal acetylenes is 2. The van der Waals surface area contributed by atoms with Gasteiger partial charge in [0, 0.05) is 53.6 Å². The van der Waals surface area contributed by atoms with Crippen LogP contribution in [0.3, 0.4) is 0 Å². The number of rotatable bonds is 5. The number of piperidine rings is 2. The lowest BCUT2D eigenvalue weighted by molar-refractivity contribution is -0.384. The van der Waals surface area contributed by atoms with Crippen molar-refractivity contribution in [2.24, 2.45) is 0 Å². The van der Waals surface area contributed by atoms with E-state index in [-0.39, 0.29) is 35.3 Å². The topological polar surface area (TPSA) is 213 Å². The lowest BCUT2D eigenvalue weighted by Gasteiger charge is -2.37. The predicted molar refractivity (Wildman–Crippen MR) is 261 cm³/mol. The fourth-order valence-corrected chi connectivity index (χ4v) is 7.81. The molecule has 4 aliphatic heterocycles. The number of benzene rings is 5. The third-order valence-electron chi connectivity index (χ3n) is 11.5. The number of para-hydroxylation sites is 2. The second kappa shape index (κ2) is 22.8. The van der Waals surface area contributed by atoms with E-state index in [1.807, 2.05) is 55.5 Å². The molecule has 8 amide bonds. The number of carbonyl (C=O) groups excluding carboxylic acids is 6. The Labute approximate surface area is 403 Å². The minimum Gasteiger partial charge on any atom is -0.414 e. The van der Waals surface area contributed by atoms with E-state index in [2.05, 4.69) is 37.8 Å². The van der Waals surface area contributed by atoms with Gasteiger partial charge in [0.05, 0.1) is 16.3 Å². The van der Waals surface area contributed by atoms with Crippen LogP contribution in [-0.4, -0.2) is 82.4 Å². The minimum absolute atomic E-state index is 0.0747. The molecule has 0 radical (unpaired) electrons. The maximum Gasteiger partial charge on any atom is 0.409 e. The zero-order valence-corrected chi connectivity index (χ0v) is 38.1. The number of aryl methyl sites for hydroxylation is 1. The molecule has 5 aromatic rings. The fraction of sp³-hybridized carbons (Fsp3) is 0.216. The van der Waals surface area contributed by atoms with Gasteiger partial charge in [-0.15, -0.1) is 12.8 Å². The number of imide groups is 2. The summed E-state index contributed by atoms with van der Waals surface area (Å²) in [6.45, 7) is 4.29. The first-order valence-corrected chi connectivity index (χ1v) is 22.0. The minimum atomic E-state index is -0.978. The Morgan fingerprint density at radius 1 is 0.681 bits per heavy atom. The summed E-state index contributed by atoms with van der Waals surface area (Å²) in [5, 5.41) is 22.0. The number of hydrogen-bond acceptors (Lipinski definition) is 10.